The number of benzene rings is 1. The highest BCUT2D eigenvalue weighted by molar-refractivity contribution is 5.79. The van der Waals surface area contributed by atoms with Crippen LogP contribution in [0.4, 0.5) is 0 Å². The molecule has 0 aliphatic carbocycles. The van der Waals surface area contributed by atoms with E-state index in [0.717, 1.165) is 24.1 Å². The SMILES string of the molecule is CCNC(=NCc1ncnn1C)NCC(C)Oc1cccc(C)c1. The van der Waals surface area contributed by atoms with Gasteiger partial charge in [0, 0.05) is 13.6 Å². The fraction of sp³-hybridized carbons (Fsp3) is 0.471. The molecule has 0 spiro atoms. The van der Waals surface area contributed by atoms with Crippen molar-refractivity contribution in [1.82, 2.24) is 25.4 Å². The van der Waals surface area contributed by atoms with Crippen LogP contribution < -0.4 is 15.4 Å². The average Bonchev–Trinajstić information content (AvgIpc) is 2.95. The summed E-state index contributed by atoms with van der Waals surface area (Å²) < 4.78 is 7.64. The van der Waals surface area contributed by atoms with Crippen molar-refractivity contribution in [2.24, 2.45) is 12.0 Å². The first kappa shape index (κ1) is 17.8. The summed E-state index contributed by atoms with van der Waals surface area (Å²) in [5.41, 5.74) is 1.19. The number of aryl methyl sites for hydroxylation is 2. The predicted octanol–water partition coefficient (Wildman–Crippen LogP) is 1.65. The molecule has 0 fully saturated rings. The Morgan fingerprint density at radius 2 is 2.21 bits per heavy atom. The molecule has 1 atom stereocenters. The lowest BCUT2D eigenvalue weighted by molar-refractivity contribution is 0.223. The molecule has 2 rings (SSSR count). The zero-order chi connectivity index (χ0) is 17.4. The van der Waals surface area contributed by atoms with Gasteiger partial charge < -0.3 is 15.4 Å². The van der Waals surface area contributed by atoms with Gasteiger partial charge in [-0.05, 0) is 38.5 Å². The van der Waals surface area contributed by atoms with Gasteiger partial charge in [-0.15, -0.1) is 0 Å². The number of guanidine groups is 1. The standard InChI is InChI=1S/C17H26N6O/c1-5-18-17(20-11-16-21-12-22-23(16)4)19-10-14(3)24-15-8-6-7-13(2)9-15/h6-9,12,14H,5,10-11H2,1-4H3,(H2,18,19,20). The Labute approximate surface area is 143 Å². The van der Waals surface area contributed by atoms with Gasteiger partial charge in [-0.3, -0.25) is 4.68 Å². The molecule has 0 radical (unpaired) electrons. The molecule has 0 bridgehead atoms. The van der Waals surface area contributed by atoms with Crippen molar-refractivity contribution in [2.75, 3.05) is 13.1 Å². The molecular formula is C17H26N6O. The topological polar surface area (TPSA) is 76.4 Å². The second kappa shape index (κ2) is 8.90. The molecule has 0 amide bonds. The van der Waals surface area contributed by atoms with Gasteiger partial charge in [0.15, 0.2) is 5.96 Å². The molecule has 2 N–H and O–H groups in total. The molecule has 0 aliphatic rings. The van der Waals surface area contributed by atoms with E-state index < -0.39 is 0 Å². The number of aromatic nitrogens is 3. The highest BCUT2D eigenvalue weighted by Gasteiger charge is 2.06. The zero-order valence-corrected chi connectivity index (χ0v) is 14.8. The minimum Gasteiger partial charge on any atom is -0.489 e. The third kappa shape index (κ3) is 5.57. The first-order chi connectivity index (χ1) is 11.6. The van der Waals surface area contributed by atoms with Crippen LogP contribution in [0.3, 0.4) is 0 Å². The number of rotatable bonds is 7. The van der Waals surface area contributed by atoms with Gasteiger partial charge in [-0.25, -0.2) is 9.98 Å². The molecule has 1 heterocycles. The number of nitrogens with zero attached hydrogens (tertiary/aromatic N) is 4. The van der Waals surface area contributed by atoms with Gasteiger partial charge in [0.25, 0.3) is 0 Å². The van der Waals surface area contributed by atoms with Crippen LogP contribution in [0.5, 0.6) is 5.75 Å². The van der Waals surface area contributed by atoms with E-state index in [9.17, 15) is 0 Å². The van der Waals surface area contributed by atoms with E-state index in [-0.39, 0.29) is 6.10 Å². The molecule has 1 aromatic carbocycles. The number of nitrogens with one attached hydrogen (secondary N) is 2. The Morgan fingerprint density at radius 1 is 1.38 bits per heavy atom. The molecule has 0 saturated carbocycles. The summed E-state index contributed by atoms with van der Waals surface area (Å²) in [4.78, 5) is 8.70. The highest BCUT2D eigenvalue weighted by Crippen LogP contribution is 2.13. The van der Waals surface area contributed by atoms with E-state index in [1.807, 2.05) is 39.1 Å². The monoisotopic (exact) mass is 330 g/mol. The van der Waals surface area contributed by atoms with Crippen molar-refractivity contribution >= 4 is 5.96 Å². The first-order valence-electron chi connectivity index (χ1n) is 8.17. The van der Waals surface area contributed by atoms with Gasteiger partial charge in [0.1, 0.15) is 30.5 Å². The van der Waals surface area contributed by atoms with Crippen LogP contribution in [0, 0.1) is 6.92 Å². The zero-order valence-electron chi connectivity index (χ0n) is 14.8. The lowest BCUT2D eigenvalue weighted by Crippen LogP contribution is -2.41. The molecule has 1 unspecified atom stereocenters. The van der Waals surface area contributed by atoms with E-state index in [2.05, 4.69) is 38.7 Å². The number of ether oxygens (including phenoxy) is 1. The fourth-order valence-corrected chi connectivity index (χ4v) is 2.16. The molecule has 7 nitrogen and oxygen atoms in total. The largest absolute Gasteiger partial charge is 0.489 e. The molecule has 0 saturated heterocycles. The number of hydrogen-bond acceptors (Lipinski definition) is 4. The Kier molecular flexibility index (Phi) is 6.60. The van der Waals surface area contributed by atoms with Crippen LogP contribution in [0.1, 0.15) is 25.2 Å². The summed E-state index contributed by atoms with van der Waals surface area (Å²) in [6.45, 7) is 8.03. The van der Waals surface area contributed by atoms with Gasteiger partial charge >= 0.3 is 0 Å². The van der Waals surface area contributed by atoms with Gasteiger partial charge in [-0.2, -0.15) is 5.10 Å². The molecule has 1 aromatic heterocycles. The Bertz CT molecular complexity index is 667. The quantitative estimate of drug-likeness (QED) is 0.596. The lowest BCUT2D eigenvalue weighted by Gasteiger charge is -2.18. The smallest absolute Gasteiger partial charge is 0.191 e. The normalized spacial score (nSPS) is 12.8. The average molecular weight is 330 g/mol. The van der Waals surface area contributed by atoms with Crippen LogP contribution in [-0.2, 0) is 13.6 Å². The Balaban J connectivity index is 1.87. The predicted molar refractivity (Wildman–Crippen MR) is 95.1 cm³/mol. The molecule has 0 aliphatic heterocycles. The van der Waals surface area contributed by atoms with Crippen molar-refractivity contribution in [2.45, 2.75) is 33.4 Å². The minimum absolute atomic E-state index is 0.0190. The van der Waals surface area contributed by atoms with Gasteiger partial charge in [0.05, 0.1) is 6.54 Å². The maximum Gasteiger partial charge on any atom is 0.191 e. The van der Waals surface area contributed by atoms with Gasteiger partial charge in [0.2, 0.25) is 0 Å². The second-order valence-electron chi connectivity index (χ2n) is 5.62. The van der Waals surface area contributed by atoms with Crippen LogP contribution in [0.25, 0.3) is 0 Å². The summed E-state index contributed by atoms with van der Waals surface area (Å²) in [5.74, 6) is 2.43. The minimum atomic E-state index is 0.0190. The van der Waals surface area contributed by atoms with Crippen LogP contribution in [0.2, 0.25) is 0 Å². The third-order valence-corrected chi connectivity index (χ3v) is 3.41. The van der Waals surface area contributed by atoms with E-state index >= 15 is 0 Å². The lowest BCUT2D eigenvalue weighted by atomic mass is 10.2. The van der Waals surface area contributed by atoms with E-state index in [1.165, 1.54) is 11.9 Å². The van der Waals surface area contributed by atoms with Gasteiger partial charge in [-0.1, -0.05) is 12.1 Å². The molecule has 2 aromatic rings. The van der Waals surface area contributed by atoms with Crippen molar-refractivity contribution in [3.63, 3.8) is 0 Å². The third-order valence-electron chi connectivity index (χ3n) is 3.41. The van der Waals surface area contributed by atoms with Crippen molar-refractivity contribution in [1.29, 1.82) is 0 Å². The van der Waals surface area contributed by atoms with Crippen LogP contribution >= 0.6 is 0 Å². The molecule has 130 valence electrons. The maximum absolute atomic E-state index is 5.92. The Morgan fingerprint density at radius 3 is 2.88 bits per heavy atom. The summed E-state index contributed by atoms with van der Waals surface area (Å²) in [6.07, 6.45) is 1.55. The van der Waals surface area contributed by atoms with Crippen LogP contribution in [0.15, 0.2) is 35.6 Å². The van der Waals surface area contributed by atoms with E-state index in [4.69, 9.17) is 4.74 Å². The summed E-state index contributed by atoms with van der Waals surface area (Å²) in [7, 11) is 1.86. The van der Waals surface area contributed by atoms with Crippen molar-refractivity contribution in [3.8, 4) is 5.75 Å². The van der Waals surface area contributed by atoms with Crippen molar-refractivity contribution in [3.05, 3.63) is 42.0 Å². The number of aliphatic imine (C=N–C) groups is 1. The maximum atomic E-state index is 5.92. The first-order valence-corrected chi connectivity index (χ1v) is 8.17. The summed E-state index contributed by atoms with van der Waals surface area (Å²) in [5, 5.41) is 10.6. The molecule has 7 heteroatoms. The summed E-state index contributed by atoms with van der Waals surface area (Å²) in [6, 6.07) is 8.05. The fourth-order valence-electron chi connectivity index (χ4n) is 2.16. The highest BCUT2D eigenvalue weighted by atomic mass is 16.5. The van der Waals surface area contributed by atoms with Crippen molar-refractivity contribution < 1.29 is 4.74 Å². The van der Waals surface area contributed by atoms with Crippen LogP contribution in [-0.4, -0.2) is 39.9 Å². The second-order valence-corrected chi connectivity index (χ2v) is 5.62. The Hall–Kier alpha value is -2.57. The number of hydrogen-bond donors (Lipinski definition) is 2. The van der Waals surface area contributed by atoms with E-state index in [1.54, 1.807) is 4.68 Å². The molecule has 24 heavy (non-hydrogen) atoms. The molecular weight excluding hydrogens is 304 g/mol. The van der Waals surface area contributed by atoms with E-state index in [0.29, 0.717) is 13.1 Å². The summed E-state index contributed by atoms with van der Waals surface area (Å²) >= 11 is 0.